The summed E-state index contributed by atoms with van der Waals surface area (Å²) < 4.78 is 78.5. The van der Waals surface area contributed by atoms with Crippen molar-refractivity contribution in [3.8, 4) is 33.8 Å². The fourth-order valence-corrected chi connectivity index (χ4v) is 7.91. The lowest BCUT2D eigenvalue weighted by Crippen LogP contribution is -2.56. The molecule has 0 radical (unpaired) electrons. The Bertz CT molecular complexity index is 2090. The second-order valence-electron chi connectivity index (χ2n) is 12.9. The number of hydrogen-bond donors (Lipinski definition) is 3. The van der Waals surface area contributed by atoms with Gasteiger partial charge in [0.2, 0.25) is 0 Å². The summed E-state index contributed by atoms with van der Waals surface area (Å²) in [5.74, 6) is 1.24. The van der Waals surface area contributed by atoms with Crippen LogP contribution < -0.4 is 19.3 Å². The van der Waals surface area contributed by atoms with Crippen molar-refractivity contribution in [1.82, 2.24) is 4.48 Å². The largest absolute Gasteiger partial charge is 0.439 e. The first kappa shape index (κ1) is 36.3. The Morgan fingerprint density at radius 2 is 1.27 bits per heavy atom. The molecule has 10 nitrogen and oxygen atoms in total. The van der Waals surface area contributed by atoms with Gasteiger partial charge in [-0.15, -0.1) is 0 Å². The lowest BCUT2D eigenvalue weighted by Gasteiger charge is -2.37. The van der Waals surface area contributed by atoms with E-state index in [1.54, 1.807) is 0 Å². The van der Waals surface area contributed by atoms with Crippen LogP contribution in [0.25, 0.3) is 22.3 Å². The van der Waals surface area contributed by atoms with Gasteiger partial charge in [0.05, 0.1) is 30.3 Å². The number of allylic oxidation sites excluding steroid dienone is 2. The molecule has 0 bridgehead atoms. The van der Waals surface area contributed by atoms with Crippen LogP contribution in [0.2, 0.25) is 0 Å². The van der Waals surface area contributed by atoms with Gasteiger partial charge in [0, 0.05) is 18.2 Å². The molecule has 2 aliphatic rings. The number of anilines is 1. The molecule has 4 aromatic rings. The normalized spacial score (nSPS) is 17.4. The van der Waals surface area contributed by atoms with E-state index in [4.69, 9.17) is 9.47 Å². The van der Waals surface area contributed by atoms with Crippen LogP contribution in [0.5, 0.6) is 11.5 Å². The van der Waals surface area contributed by atoms with Crippen LogP contribution in [0, 0.1) is 0 Å². The Morgan fingerprint density at radius 3 is 1.82 bits per heavy atom. The Kier molecular flexibility index (Phi) is 11.0. The topological polar surface area (TPSA) is 139 Å². The second kappa shape index (κ2) is 15.4. The van der Waals surface area contributed by atoms with Gasteiger partial charge in [0.25, 0.3) is 26.5 Å². The molecule has 0 spiro atoms. The number of unbranched alkanes of at least 4 members (excludes halogenated alkanes) is 2. The number of benzene rings is 4. The van der Waals surface area contributed by atoms with Gasteiger partial charge in [-0.25, -0.2) is 4.48 Å². The van der Waals surface area contributed by atoms with Gasteiger partial charge in [-0.1, -0.05) is 79.7 Å². The predicted octanol–water partition coefficient (Wildman–Crippen LogP) is 8.06. The standard InChI is InChI=1S/C39H42N2O8S2/c1-2-29(25-38-40-34-27-32(17-19-36(34)48-38)30-13-5-3-6-14-30)26-39-41(21-9-11-23-50(42,43)44,22-10-12-24-51(45,46)47)35-28-33(18-20-37(35)49-39)31-15-7-4-8-16-31/h3-8,13-20,25-28,39-40H,2,9-12,21-24H2,1H3,(H-,42,43,44,45,46,47)/p+1. The van der Waals surface area contributed by atoms with E-state index in [2.05, 4.69) is 35.7 Å². The molecule has 0 saturated heterocycles. The Balaban J connectivity index is 1.35. The zero-order valence-corrected chi connectivity index (χ0v) is 30.1. The van der Waals surface area contributed by atoms with Crippen LogP contribution >= 0.6 is 0 Å². The monoisotopic (exact) mass is 731 g/mol. The molecule has 0 saturated carbocycles. The molecule has 0 fully saturated rings. The Morgan fingerprint density at radius 1 is 0.725 bits per heavy atom. The van der Waals surface area contributed by atoms with E-state index in [0.717, 1.165) is 45.0 Å². The van der Waals surface area contributed by atoms with Crippen molar-refractivity contribution in [1.29, 1.82) is 0 Å². The number of hydrogen-bond acceptors (Lipinski definition) is 7. The highest BCUT2D eigenvalue weighted by Crippen LogP contribution is 2.47. The van der Waals surface area contributed by atoms with E-state index in [1.165, 1.54) is 0 Å². The minimum absolute atomic E-state index is 0.236. The van der Waals surface area contributed by atoms with E-state index in [0.29, 0.717) is 44.0 Å². The first-order chi connectivity index (χ1) is 24.4. The minimum Gasteiger partial charge on any atom is -0.439 e. The lowest BCUT2D eigenvalue weighted by atomic mass is 10.0. The third-order valence-electron chi connectivity index (χ3n) is 9.35. The molecule has 0 amide bonds. The van der Waals surface area contributed by atoms with Crippen molar-refractivity contribution >= 4 is 31.6 Å². The van der Waals surface area contributed by atoms with Crippen molar-refractivity contribution in [3.63, 3.8) is 0 Å². The van der Waals surface area contributed by atoms with Crippen molar-refractivity contribution in [2.75, 3.05) is 29.9 Å². The van der Waals surface area contributed by atoms with Crippen LogP contribution in [0.1, 0.15) is 39.0 Å². The molecule has 3 N–H and O–H groups in total. The molecule has 12 heteroatoms. The van der Waals surface area contributed by atoms with Gasteiger partial charge in [-0.3, -0.25) is 9.11 Å². The second-order valence-corrected chi connectivity index (χ2v) is 16.1. The van der Waals surface area contributed by atoms with Crippen molar-refractivity contribution in [2.24, 2.45) is 0 Å². The van der Waals surface area contributed by atoms with Gasteiger partial charge < -0.3 is 14.8 Å². The van der Waals surface area contributed by atoms with Crippen LogP contribution in [0.3, 0.4) is 0 Å². The van der Waals surface area contributed by atoms with Gasteiger partial charge in [-0.05, 0) is 78.1 Å². The molecule has 268 valence electrons. The van der Waals surface area contributed by atoms with Gasteiger partial charge >= 0.3 is 0 Å². The number of fused-ring (bicyclic) bond motifs is 2. The Hall–Kier alpha value is -4.46. The smallest absolute Gasteiger partial charge is 0.264 e. The van der Waals surface area contributed by atoms with E-state index in [-0.39, 0.29) is 28.8 Å². The molecule has 6 rings (SSSR count). The molecule has 1 atom stereocenters. The molecule has 51 heavy (non-hydrogen) atoms. The summed E-state index contributed by atoms with van der Waals surface area (Å²) in [7, 11) is -8.29. The lowest BCUT2D eigenvalue weighted by molar-refractivity contribution is 0.102. The van der Waals surface area contributed by atoms with Gasteiger partial charge in [0.1, 0.15) is 0 Å². The molecule has 2 heterocycles. The zero-order chi connectivity index (χ0) is 36.1. The minimum atomic E-state index is -4.14. The van der Waals surface area contributed by atoms with Crippen LogP contribution in [-0.2, 0) is 20.2 Å². The summed E-state index contributed by atoms with van der Waals surface area (Å²) in [6.45, 7) is 2.97. The van der Waals surface area contributed by atoms with Crippen molar-refractivity contribution in [3.05, 3.63) is 121 Å². The molecular weight excluding hydrogens is 689 g/mol. The van der Waals surface area contributed by atoms with Gasteiger partial charge in [-0.2, -0.15) is 16.8 Å². The molecule has 2 aliphatic heterocycles. The molecular formula is C39H43N2O8S2+. The molecule has 4 aromatic carbocycles. The first-order valence-electron chi connectivity index (χ1n) is 17.1. The number of nitrogens with one attached hydrogen (secondary N) is 1. The number of nitrogens with zero attached hydrogens (tertiary/aromatic N) is 1. The number of ether oxygens (including phenoxy) is 2. The Labute approximate surface area is 300 Å². The summed E-state index contributed by atoms with van der Waals surface area (Å²) >= 11 is 0. The van der Waals surface area contributed by atoms with Crippen molar-refractivity contribution in [2.45, 2.75) is 45.3 Å². The highest BCUT2D eigenvalue weighted by atomic mass is 32.2. The first-order valence-corrected chi connectivity index (χ1v) is 20.3. The third kappa shape index (κ3) is 9.07. The summed E-state index contributed by atoms with van der Waals surface area (Å²) in [4.78, 5) is 0. The maximum Gasteiger partial charge on any atom is 0.264 e. The average molecular weight is 732 g/mol. The molecule has 0 aliphatic carbocycles. The SMILES string of the molecule is CCC(=CC1Oc2ccc(-c3ccccc3)cc2[N+]1(CCCCS(=O)(=O)O)CCCCS(=O)(=O)O)C=C1Nc2cc(-c3ccccc3)ccc2O1. The highest BCUT2D eigenvalue weighted by molar-refractivity contribution is 7.86. The van der Waals surface area contributed by atoms with Gasteiger partial charge in [0.15, 0.2) is 23.1 Å². The number of quaternary nitrogens is 1. The fraction of sp³-hybridized carbons (Fsp3) is 0.282. The predicted molar refractivity (Wildman–Crippen MR) is 202 cm³/mol. The quantitative estimate of drug-likeness (QED) is 0.0629. The van der Waals surface area contributed by atoms with Crippen LogP contribution in [0.15, 0.2) is 121 Å². The van der Waals surface area contributed by atoms with E-state index >= 15 is 0 Å². The maximum atomic E-state index is 11.6. The maximum absolute atomic E-state index is 11.6. The van der Waals surface area contributed by atoms with Crippen molar-refractivity contribution < 1.29 is 35.4 Å². The summed E-state index contributed by atoms with van der Waals surface area (Å²) in [6.07, 6.45) is 5.50. The number of rotatable bonds is 15. The van der Waals surface area contributed by atoms with E-state index < -0.39 is 26.5 Å². The summed E-state index contributed by atoms with van der Waals surface area (Å²) in [6, 6.07) is 32.1. The zero-order valence-electron chi connectivity index (χ0n) is 28.4. The average Bonchev–Trinajstić information content (AvgIpc) is 3.65. The van der Waals surface area contributed by atoms with E-state index in [9.17, 15) is 25.9 Å². The summed E-state index contributed by atoms with van der Waals surface area (Å²) in [5.41, 5.74) is 6.87. The molecule has 0 aromatic heterocycles. The fourth-order valence-electron chi connectivity index (χ4n) is 6.77. The van der Waals surface area contributed by atoms with E-state index in [1.807, 2.05) is 85.8 Å². The van der Waals surface area contributed by atoms with Crippen LogP contribution in [0.4, 0.5) is 11.4 Å². The van der Waals surface area contributed by atoms with Crippen LogP contribution in [-0.4, -0.2) is 56.8 Å². The third-order valence-corrected chi connectivity index (χ3v) is 11.0. The summed E-state index contributed by atoms with van der Waals surface area (Å²) in [5, 5.41) is 3.40. The highest BCUT2D eigenvalue weighted by Gasteiger charge is 2.47. The molecule has 1 unspecified atom stereocenters.